The molecule has 0 aromatic carbocycles. The SMILES string of the molecule is CC1(C)CC2=C(C1)[C@](C)(O)C1(CC1)[C@@](C)(O)C2=O. The van der Waals surface area contributed by atoms with Crippen LogP contribution in [0.5, 0.6) is 0 Å². The van der Waals surface area contributed by atoms with Gasteiger partial charge in [0.05, 0.1) is 5.60 Å². The van der Waals surface area contributed by atoms with Crippen LogP contribution in [0, 0.1) is 10.8 Å². The summed E-state index contributed by atoms with van der Waals surface area (Å²) in [5.74, 6) is -0.146. The zero-order valence-electron chi connectivity index (χ0n) is 11.6. The predicted molar refractivity (Wildman–Crippen MR) is 68.0 cm³/mol. The molecule has 0 heterocycles. The van der Waals surface area contributed by atoms with E-state index >= 15 is 0 Å². The van der Waals surface area contributed by atoms with Crippen molar-refractivity contribution < 1.29 is 15.0 Å². The van der Waals surface area contributed by atoms with Crippen LogP contribution in [0.4, 0.5) is 0 Å². The van der Waals surface area contributed by atoms with E-state index in [9.17, 15) is 15.0 Å². The van der Waals surface area contributed by atoms with Crippen molar-refractivity contribution in [3.63, 3.8) is 0 Å². The third-order valence-corrected chi connectivity index (χ3v) is 5.59. The van der Waals surface area contributed by atoms with Crippen LogP contribution >= 0.6 is 0 Å². The molecular formula is C15H22O3. The molecule has 3 nitrogen and oxygen atoms in total. The van der Waals surface area contributed by atoms with E-state index in [4.69, 9.17) is 0 Å². The van der Waals surface area contributed by atoms with Crippen LogP contribution in [0.1, 0.15) is 53.4 Å². The molecule has 100 valence electrons. The summed E-state index contributed by atoms with van der Waals surface area (Å²) in [7, 11) is 0. The van der Waals surface area contributed by atoms with E-state index in [2.05, 4.69) is 13.8 Å². The minimum atomic E-state index is -1.41. The number of rotatable bonds is 0. The highest BCUT2D eigenvalue weighted by molar-refractivity contribution is 6.05. The first kappa shape index (κ1) is 12.4. The maximum absolute atomic E-state index is 12.5. The average Bonchev–Trinajstić information content (AvgIpc) is 2.97. The Morgan fingerprint density at radius 2 is 1.50 bits per heavy atom. The van der Waals surface area contributed by atoms with Crippen molar-refractivity contribution in [2.45, 2.75) is 64.6 Å². The molecule has 0 aromatic heterocycles. The summed E-state index contributed by atoms with van der Waals surface area (Å²) in [6.07, 6.45) is 2.90. The maximum atomic E-state index is 12.5. The fourth-order valence-electron chi connectivity index (χ4n) is 4.29. The Bertz CT molecular complexity index is 476. The van der Waals surface area contributed by atoms with E-state index in [1.54, 1.807) is 13.8 Å². The number of aliphatic hydroxyl groups is 2. The summed E-state index contributed by atoms with van der Waals surface area (Å²) in [4.78, 5) is 12.5. The molecule has 3 aliphatic carbocycles. The Morgan fingerprint density at radius 1 is 0.944 bits per heavy atom. The second-order valence-corrected chi connectivity index (χ2v) is 7.53. The first-order valence-corrected chi connectivity index (χ1v) is 6.77. The molecule has 0 bridgehead atoms. The molecule has 0 amide bonds. The fraction of sp³-hybridized carbons (Fsp3) is 0.800. The molecule has 3 aliphatic rings. The van der Waals surface area contributed by atoms with Crippen LogP contribution < -0.4 is 0 Å². The molecule has 2 N–H and O–H groups in total. The molecule has 18 heavy (non-hydrogen) atoms. The monoisotopic (exact) mass is 250 g/mol. The Kier molecular flexibility index (Phi) is 2.00. The van der Waals surface area contributed by atoms with Gasteiger partial charge < -0.3 is 10.2 Å². The minimum Gasteiger partial charge on any atom is -0.385 e. The Morgan fingerprint density at radius 3 is 2.00 bits per heavy atom. The lowest BCUT2D eigenvalue weighted by molar-refractivity contribution is -0.158. The summed E-state index contributed by atoms with van der Waals surface area (Å²) in [5.41, 5.74) is -1.49. The molecule has 1 fully saturated rings. The largest absolute Gasteiger partial charge is 0.385 e. The molecule has 0 radical (unpaired) electrons. The molecular weight excluding hydrogens is 228 g/mol. The molecule has 0 unspecified atom stereocenters. The zero-order chi connectivity index (χ0) is 13.6. The lowest BCUT2D eigenvalue weighted by atomic mass is 9.62. The molecule has 3 rings (SSSR count). The fourth-order valence-corrected chi connectivity index (χ4v) is 4.29. The summed E-state index contributed by atoms with van der Waals surface area (Å²) in [5, 5.41) is 21.6. The maximum Gasteiger partial charge on any atom is 0.190 e. The number of hydrogen-bond donors (Lipinski definition) is 2. The lowest BCUT2D eigenvalue weighted by Crippen LogP contribution is -2.60. The van der Waals surface area contributed by atoms with Crippen molar-refractivity contribution in [2.75, 3.05) is 0 Å². The van der Waals surface area contributed by atoms with E-state index in [1.165, 1.54) is 0 Å². The van der Waals surface area contributed by atoms with Gasteiger partial charge in [-0.1, -0.05) is 13.8 Å². The van der Waals surface area contributed by atoms with Gasteiger partial charge >= 0.3 is 0 Å². The molecule has 1 spiro atoms. The normalized spacial score (nSPS) is 44.4. The first-order valence-electron chi connectivity index (χ1n) is 6.77. The highest BCUT2D eigenvalue weighted by atomic mass is 16.3. The van der Waals surface area contributed by atoms with Crippen LogP contribution in [0.3, 0.4) is 0 Å². The van der Waals surface area contributed by atoms with Crippen molar-refractivity contribution in [1.82, 2.24) is 0 Å². The molecule has 0 saturated heterocycles. The number of carbonyl (C=O) groups excluding carboxylic acids is 1. The molecule has 2 atom stereocenters. The smallest absolute Gasteiger partial charge is 0.190 e. The second kappa shape index (κ2) is 2.91. The van der Waals surface area contributed by atoms with E-state index in [-0.39, 0.29) is 11.2 Å². The topological polar surface area (TPSA) is 57.5 Å². The minimum absolute atomic E-state index is 0.0147. The Labute approximate surface area is 108 Å². The summed E-state index contributed by atoms with van der Waals surface area (Å²) < 4.78 is 0. The zero-order valence-corrected chi connectivity index (χ0v) is 11.6. The van der Waals surface area contributed by atoms with Gasteiger partial charge in [-0.05, 0) is 50.5 Å². The van der Waals surface area contributed by atoms with E-state index in [1.807, 2.05) is 0 Å². The highest BCUT2D eigenvalue weighted by Crippen LogP contribution is 2.68. The first-order chi connectivity index (χ1) is 8.05. The Hall–Kier alpha value is -0.670. The Balaban J connectivity index is 2.19. The van der Waals surface area contributed by atoms with Gasteiger partial charge in [0.1, 0.15) is 5.60 Å². The van der Waals surface area contributed by atoms with Gasteiger partial charge in [0.25, 0.3) is 0 Å². The van der Waals surface area contributed by atoms with Crippen molar-refractivity contribution in [3.8, 4) is 0 Å². The number of ketones is 1. The third kappa shape index (κ3) is 1.15. The van der Waals surface area contributed by atoms with Gasteiger partial charge in [-0.25, -0.2) is 0 Å². The molecule has 0 aliphatic heterocycles. The third-order valence-electron chi connectivity index (χ3n) is 5.59. The van der Waals surface area contributed by atoms with Crippen molar-refractivity contribution in [2.24, 2.45) is 10.8 Å². The van der Waals surface area contributed by atoms with Crippen molar-refractivity contribution in [3.05, 3.63) is 11.1 Å². The molecule has 0 aromatic rings. The number of Topliss-reactive ketones (excluding diaryl/α,β-unsaturated/α-hetero) is 1. The van der Waals surface area contributed by atoms with Gasteiger partial charge in [0.15, 0.2) is 5.78 Å². The molecule has 3 heteroatoms. The number of carbonyl (C=O) groups is 1. The van der Waals surface area contributed by atoms with Crippen LogP contribution in [0.25, 0.3) is 0 Å². The lowest BCUT2D eigenvalue weighted by Gasteiger charge is -2.47. The summed E-state index contributed by atoms with van der Waals surface area (Å²) >= 11 is 0. The van der Waals surface area contributed by atoms with E-state index in [0.717, 1.165) is 24.8 Å². The van der Waals surface area contributed by atoms with Crippen LogP contribution in [0.15, 0.2) is 11.1 Å². The summed E-state index contributed by atoms with van der Waals surface area (Å²) in [6.45, 7) is 7.61. The summed E-state index contributed by atoms with van der Waals surface area (Å²) in [6, 6.07) is 0. The average molecular weight is 250 g/mol. The quantitative estimate of drug-likeness (QED) is 0.691. The second-order valence-electron chi connectivity index (χ2n) is 7.53. The van der Waals surface area contributed by atoms with Gasteiger partial charge in [0, 0.05) is 11.0 Å². The van der Waals surface area contributed by atoms with Crippen LogP contribution in [0.2, 0.25) is 0 Å². The van der Waals surface area contributed by atoms with Crippen molar-refractivity contribution in [1.29, 1.82) is 0 Å². The molecule has 1 saturated carbocycles. The van der Waals surface area contributed by atoms with E-state index < -0.39 is 16.6 Å². The van der Waals surface area contributed by atoms with Gasteiger partial charge in [-0.15, -0.1) is 0 Å². The van der Waals surface area contributed by atoms with Gasteiger partial charge in [-0.2, -0.15) is 0 Å². The van der Waals surface area contributed by atoms with Gasteiger partial charge in [-0.3, -0.25) is 4.79 Å². The standard InChI is InChI=1S/C15H22O3/c1-12(2)7-9-10(8-12)13(3,17)15(5-6-15)14(4,18)11(9)16/h17-18H,5-8H2,1-4H3/t13-,14-/m0/s1. The van der Waals surface area contributed by atoms with Crippen molar-refractivity contribution >= 4 is 5.78 Å². The van der Waals surface area contributed by atoms with Crippen LogP contribution in [-0.4, -0.2) is 27.2 Å². The van der Waals surface area contributed by atoms with E-state index in [0.29, 0.717) is 12.0 Å². The number of hydrogen-bond acceptors (Lipinski definition) is 3. The highest BCUT2D eigenvalue weighted by Gasteiger charge is 2.73. The van der Waals surface area contributed by atoms with Gasteiger partial charge in [0.2, 0.25) is 0 Å². The van der Waals surface area contributed by atoms with Crippen LogP contribution in [-0.2, 0) is 4.79 Å². The predicted octanol–water partition coefficient (Wildman–Crippen LogP) is 1.97.